The fraction of sp³-hybridized carbons (Fsp3) is 0.154. The molecule has 0 saturated heterocycles. The van der Waals surface area contributed by atoms with Crippen LogP contribution in [0.5, 0.6) is 0 Å². The molecule has 8 heteroatoms. The van der Waals surface area contributed by atoms with E-state index in [-0.39, 0.29) is 9.09 Å². The Kier molecular flexibility index (Phi) is 4.82. The van der Waals surface area contributed by atoms with E-state index in [0.717, 1.165) is 21.4 Å². The van der Waals surface area contributed by atoms with Crippen molar-refractivity contribution in [2.45, 2.75) is 17.2 Å². The van der Waals surface area contributed by atoms with Gasteiger partial charge in [0.15, 0.2) is 0 Å². The zero-order valence-corrected chi connectivity index (χ0v) is 14.1. The van der Waals surface area contributed by atoms with Crippen LogP contribution in [0.15, 0.2) is 45.1 Å². The predicted molar refractivity (Wildman–Crippen MR) is 84.2 cm³/mol. The number of aromatic carboxylic acids is 1. The van der Waals surface area contributed by atoms with Crippen molar-refractivity contribution in [1.29, 1.82) is 0 Å². The van der Waals surface area contributed by atoms with Gasteiger partial charge in [-0.05, 0) is 36.8 Å². The monoisotopic (exact) mass is 389 g/mol. The first-order valence-electron chi connectivity index (χ1n) is 5.90. The van der Waals surface area contributed by atoms with Crippen molar-refractivity contribution in [3.05, 3.63) is 51.3 Å². The van der Waals surface area contributed by atoms with Crippen LogP contribution in [0.25, 0.3) is 0 Å². The molecule has 0 aliphatic carbocycles. The molecular weight excluding hydrogens is 378 g/mol. The van der Waals surface area contributed by atoms with Gasteiger partial charge in [0.25, 0.3) is 10.0 Å². The van der Waals surface area contributed by atoms with Crippen molar-refractivity contribution in [3.8, 4) is 0 Å². The first-order valence-corrected chi connectivity index (χ1v) is 9.00. The summed E-state index contributed by atoms with van der Waals surface area (Å²) in [5.41, 5.74) is 0.808. The minimum absolute atomic E-state index is 0.00881. The van der Waals surface area contributed by atoms with Crippen LogP contribution in [-0.2, 0) is 10.0 Å². The van der Waals surface area contributed by atoms with E-state index in [1.165, 1.54) is 12.1 Å². The minimum Gasteiger partial charge on any atom is -0.477 e. The Morgan fingerprint density at radius 2 is 2.05 bits per heavy atom. The van der Waals surface area contributed by atoms with E-state index in [4.69, 9.17) is 5.11 Å². The van der Waals surface area contributed by atoms with E-state index in [9.17, 15) is 13.2 Å². The molecule has 0 aliphatic heterocycles. The number of halogens is 1. The average molecular weight is 390 g/mol. The van der Waals surface area contributed by atoms with Crippen LogP contribution in [-0.4, -0.2) is 19.5 Å². The molecule has 112 valence electrons. The third kappa shape index (κ3) is 3.91. The molecule has 21 heavy (non-hydrogen) atoms. The predicted octanol–water partition coefficient (Wildman–Crippen LogP) is 3.25. The summed E-state index contributed by atoms with van der Waals surface area (Å²) in [6.07, 6.45) is 0. The van der Waals surface area contributed by atoms with Crippen molar-refractivity contribution in [3.63, 3.8) is 0 Å². The lowest BCUT2D eigenvalue weighted by Gasteiger charge is -2.14. The highest BCUT2D eigenvalue weighted by atomic mass is 79.9. The molecule has 2 N–H and O–H groups in total. The highest BCUT2D eigenvalue weighted by molar-refractivity contribution is 9.10. The molecule has 0 spiro atoms. The Bertz CT molecular complexity index is 770. The Labute approximate surface area is 134 Å². The molecule has 0 aliphatic rings. The average Bonchev–Trinajstić information content (AvgIpc) is 2.88. The number of nitrogens with one attached hydrogen (secondary N) is 1. The van der Waals surface area contributed by atoms with Gasteiger partial charge >= 0.3 is 5.97 Å². The van der Waals surface area contributed by atoms with Crippen LogP contribution in [0.1, 0.15) is 28.2 Å². The Morgan fingerprint density at radius 3 is 2.62 bits per heavy atom. The van der Waals surface area contributed by atoms with Crippen molar-refractivity contribution < 1.29 is 18.3 Å². The normalized spacial score (nSPS) is 13.0. The summed E-state index contributed by atoms with van der Waals surface area (Å²) >= 11 is 4.06. The number of sulfonamides is 1. The molecule has 1 atom stereocenters. The zero-order chi connectivity index (χ0) is 15.6. The summed E-state index contributed by atoms with van der Waals surface area (Å²) in [6.45, 7) is 1.73. The number of hydrogen-bond acceptors (Lipinski definition) is 4. The molecule has 0 amide bonds. The maximum Gasteiger partial charge on any atom is 0.345 e. The van der Waals surface area contributed by atoms with E-state index in [1.807, 2.05) is 24.3 Å². The third-order valence-electron chi connectivity index (χ3n) is 2.74. The summed E-state index contributed by atoms with van der Waals surface area (Å²) in [5.74, 6) is -1.14. The highest BCUT2D eigenvalue weighted by Crippen LogP contribution is 2.24. The lowest BCUT2D eigenvalue weighted by atomic mass is 10.1. The molecule has 1 heterocycles. The van der Waals surface area contributed by atoms with Gasteiger partial charge in [0.1, 0.15) is 9.09 Å². The number of carboxylic acids is 1. The van der Waals surface area contributed by atoms with E-state index in [2.05, 4.69) is 20.7 Å². The topological polar surface area (TPSA) is 83.5 Å². The van der Waals surface area contributed by atoms with Gasteiger partial charge in [-0.15, -0.1) is 11.3 Å². The Balaban J connectivity index is 2.22. The van der Waals surface area contributed by atoms with Crippen molar-refractivity contribution in [2.24, 2.45) is 0 Å². The van der Waals surface area contributed by atoms with Crippen molar-refractivity contribution in [2.75, 3.05) is 0 Å². The lowest BCUT2D eigenvalue weighted by molar-refractivity contribution is 0.0702. The minimum atomic E-state index is -3.74. The summed E-state index contributed by atoms with van der Waals surface area (Å²) in [6, 6.07) is 9.46. The number of rotatable bonds is 5. The second kappa shape index (κ2) is 6.27. The summed E-state index contributed by atoms with van der Waals surface area (Å²) in [4.78, 5) is 10.8. The van der Waals surface area contributed by atoms with Crippen LogP contribution < -0.4 is 4.72 Å². The number of carbonyl (C=O) groups is 1. The second-order valence-electron chi connectivity index (χ2n) is 4.32. The molecule has 0 bridgehead atoms. The maximum atomic E-state index is 12.2. The van der Waals surface area contributed by atoms with Crippen molar-refractivity contribution >= 4 is 43.3 Å². The molecule has 1 aromatic carbocycles. The van der Waals surface area contributed by atoms with E-state index in [0.29, 0.717) is 0 Å². The van der Waals surface area contributed by atoms with Crippen LogP contribution in [0.4, 0.5) is 0 Å². The smallest absolute Gasteiger partial charge is 0.345 e. The maximum absolute atomic E-state index is 12.2. The molecular formula is C13H12BrNO4S2. The molecule has 5 nitrogen and oxygen atoms in total. The number of thiophene rings is 1. The fourth-order valence-electron chi connectivity index (χ4n) is 1.71. The first-order chi connectivity index (χ1) is 9.79. The van der Waals surface area contributed by atoms with Gasteiger partial charge < -0.3 is 5.11 Å². The molecule has 0 radical (unpaired) electrons. The first kappa shape index (κ1) is 16.2. The molecule has 2 aromatic rings. The van der Waals surface area contributed by atoms with Crippen molar-refractivity contribution in [1.82, 2.24) is 4.72 Å². The number of benzene rings is 1. The van der Waals surface area contributed by atoms with Gasteiger partial charge in [-0.2, -0.15) is 0 Å². The zero-order valence-electron chi connectivity index (χ0n) is 10.9. The van der Waals surface area contributed by atoms with Gasteiger partial charge in [-0.1, -0.05) is 28.1 Å². The van der Waals surface area contributed by atoms with E-state index >= 15 is 0 Å². The SMILES string of the molecule is CC(NS(=O)(=O)c1ccc(C(=O)O)s1)c1cccc(Br)c1. The fourth-order valence-corrected chi connectivity index (χ4v) is 4.52. The second-order valence-corrected chi connectivity index (χ2v) is 8.26. The summed E-state index contributed by atoms with van der Waals surface area (Å²) in [7, 11) is -3.74. The third-order valence-corrected chi connectivity index (χ3v) is 6.34. The number of hydrogen-bond donors (Lipinski definition) is 2. The van der Waals surface area contributed by atoms with Crippen LogP contribution >= 0.6 is 27.3 Å². The van der Waals surface area contributed by atoms with Gasteiger partial charge in [0.05, 0.1) is 0 Å². The van der Waals surface area contributed by atoms with Gasteiger partial charge in [0.2, 0.25) is 0 Å². The molecule has 0 fully saturated rings. The Hall–Kier alpha value is -1.22. The van der Waals surface area contributed by atoms with Gasteiger partial charge in [-0.25, -0.2) is 17.9 Å². The van der Waals surface area contributed by atoms with Gasteiger partial charge in [-0.3, -0.25) is 0 Å². The van der Waals surface area contributed by atoms with Crippen LogP contribution in [0, 0.1) is 0 Å². The molecule has 2 rings (SSSR count). The quantitative estimate of drug-likeness (QED) is 0.821. The largest absolute Gasteiger partial charge is 0.477 e. The van der Waals surface area contributed by atoms with Gasteiger partial charge in [0, 0.05) is 10.5 Å². The lowest BCUT2D eigenvalue weighted by Crippen LogP contribution is -2.26. The Morgan fingerprint density at radius 1 is 1.33 bits per heavy atom. The summed E-state index contributed by atoms with van der Waals surface area (Å²) < 4.78 is 27.8. The standard InChI is InChI=1S/C13H12BrNO4S2/c1-8(9-3-2-4-10(14)7-9)15-21(18,19)12-6-5-11(20-12)13(16)17/h2-8,15H,1H3,(H,16,17). The molecule has 0 saturated carbocycles. The van der Waals surface area contributed by atoms with Crippen LogP contribution in [0.2, 0.25) is 0 Å². The summed E-state index contributed by atoms with van der Waals surface area (Å²) in [5, 5.41) is 8.84. The molecule has 1 aromatic heterocycles. The van der Waals surface area contributed by atoms with E-state index in [1.54, 1.807) is 6.92 Å². The highest BCUT2D eigenvalue weighted by Gasteiger charge is 2.21. The number of carboxylic acid groups (broad SMARTS) is 1. The van der Waals surface area contributed by atoms with Crippen LogP contribution in [0.3, 0.4) is 0 Å². The van der Waals surface area contributed by atoms with E-state index < -0.39 is 22.0 Å². The molecule has 1 unspecified atom stereocenters.